The lowest BCUT2D eigenvalue weighted by Gasteiger charge is -2.20. The lowest BCUT2D eigenvalue weighted by Crippen LogP contribution is -2.16. The van der Waals surface area contributed by atoms with E-state index >= 15 is 8.78 Å². The van der Waals surface area contributed by atoms with Gasteiger partial charge in [-0.1, -0.05) is 61.7 Å². The van der Waals surface area contributed by atoms with Crippen LogP contribution in [0.3, 0.4) is 0 Å². The van der Waals surface area contributed by atoms with E-state index in [1.54, 1.807) is 24.7 Å². The van der Waals surface area contributed by atoms with Crippen LogP contribution in [-0.2, 0) is 11.3 Å². The first-order chi connectivity index (χ1) is 23.0. The summed E-state index contributed by atoms with van der Waals surface area (Å²) >= 11 is 0. The second-order valence-electron chi connectivity index (χ2n) is 11.2. The van der Waals surface area contributed by atoms with Crippen LogP contribution in [0.2, 0.25) is 0 Å². The number of alkyl halides is 2. The fraction of sp³-hybridized carbons (Fsp3) is 0.171. The van der Waals surface area contributed by atoms with Crippen molar-refractivity contribution in [3.63, 3.8) is 0 Å². The van der Waals surface area contributed by atoms with Crippen LogP contribution < -0.4 is 4.58 Å². The minimum Gasteiger partial charge on any atom is -0.292 e. The van der Waals surface area contributed by atoms with Gasteiger partial charge in [0.1, 0.15) is 9.93 Å². The zero-order valence-corrected chi connectivity index (χ0v) is 23.0. The number of halogens is 2. The highest BCUT2D eigenvalue weighted by molar-refractivity contribution is 6.09. The number of nitrogens with zero attached hydrogens (tertiary/aromatic N) is 5. The van der Waals surface area contributed by atoms with Gasteiger partial charge in [0.05, 0.1) is 22.7 Å². The van der Waals surface area contributed by atoms with E-state index in [9.17, 15) is 0 Å². The van der Waals surface area contributed by atoms with Crippen molar-refractivity contribution in [2.24, 2.45) is 0 Å². The maximum atomic E-state index is 16.6. The summed E-state index contributed by atoms with van der Waals surface area (Å²) in [6, 6.07) is 15.7. The summed E-state index contributed by atoms with van der Waals surface area (Å²) in [6.07, 6.45) is 5.03. The van der Waals surface area contributed by atoms with E-state index < -0.39 is 42.6 Å². The van der Waals surface area contributed by atoms with Crippen LogP contribution in [0, 0.1) is 0 Å². The Hall–Kier alpha value is -5.00. The van der Waals surface area contributed by atoms with Gasteiger partial charge in [-0.25, -0.2) is 4.98 Å². The summed E-state index contributed by atoms with van der Waals surface area (Å²) in [5.41, 5.74) is 0.855. The van der Waals surface area contributed by atoms with Crippen molar-refractivity contribution < 1.29 is 23.0 Å². The summed E-state index contributed by atoms with van der Waals surface area (Å²) in [7, 11) is 0. The third kappa shape index (κ3) is 4.05. The molecule has 0 amide bonds. The highest BCUT2D eigenvalue weighted by Gasteiger charge is 2.38. The van der Waals surface area contributed by atoms with Gasteiger partial charge in [0.2, 0.25) is 5.69 Å². The van der Waals surface area contributed by atoms with Crippen LogP contribution in [-0.4, -0.2) is 32.1 Å². The molecule has 5 nitrogen and oxygen atoms in total. The summed E-state index contributed by atoms with van der Waals surface area (Å²) in [6.45, 7) is 3.38. The quantitative estimate of drug-likeness (QED) is 0.202. The number of pyridine rings is 2. The molecular formula is C35H29F2N5+2. The Balaban J connectivity index is 1.40. The summed E-state index contributed by atoms with van der Waals surface area (Å²) in [5, 5.41) is 1.57. The first-order valence-electron chi connectivity index (χ1n) is 16.8. The van der Waals surface area contributed by atoms with Crippen molar-refractivity contribution in [3.8, 4) is 5.82 Å². The third-order valence-corrected chi connectivity index (χ3v) is 7.54. The van der Waals surface area contributed by atoms with Gasteiger partial charge in [0.15, 0.2) is 6.98 Å². The van der Waals surface area contributed by atoms with Crippen molar-refractivity contribution in [3.05, 3.63) is 120 Å². The Morgan fingerprint density at radius 2 is 1.64 bits per heavy atom. The zero-order valence-electron chi connectivity index (χ0n) is 30.0. The molecule has 0 fully saturated rings. The van der Waals surface area contributed by atoms with Crippen molar-refractivity contribution in [2.75, 3.05) is 6.98 Å². The number of para-hydroxylation sites is 2. The normalized spacial score (nSPS) is 16.1. The van der Waals surface area contributed by atoms with E-state index in [1.165, 1.54) is 36.4 Å². The molecule has 0 bridgehead atoms. The Labute approximate surface area is 252 Å². The lowest BCUT2D eigenvalue weighted by molar-refractivity contribution is -0.394. The van der Waals surface area contributed by atoms with Gasteiger partial charge in [-0.3, -0.25) is 9.55 Å². The predicted octanol–water partition coefficient (Wildman–Crippen LogP) is 8.31. The first kappa shape index (κ1) is 19.2. The largest absolute Gasteiger partial charge is 0.496 e. The Bertz CT molecular complexity index is 2440. The van der Waals surface area contributed by atoms with E-state index in [0.717, 1.165) is 20.9 Å². The lowest BCUT2D eigenvalue weighted by atomic mass is 9.88. The predicted molar refractivity (Wildman–Crippen MR) is 163 cm³/mol. The second-order valence-corrected chi connectivity index (χ2v) is 11.2. The van der Waals surface area contributed by atoms with Crippen molar-refractivity contribution in [2.45, 2.75) is 32.1 Å². The van der Waals surface area contributed by atoms with Crippen LogP contribution in [0.5, 0.6) is 0 Å². The maximum Gasteiger partial charge on any atom is 0.496 e. The Morgan fingerprint density at radius 3 is 2.45 bits per heavy atom. The van der Waals surface area contributed by atoms with Gasteiger partial charge < -0.3 is 0 Å². The molecule has 0 N–H and O–H groups in total. The monoisotopic (exact) mass is 564 g/mol. The maximum absolute atomic E-state index is 16.6. The van der Waals surface area contributed by atoms with Crippen LogP contribution >= 0.6 is 0 Å². The molecule has 42 heavy (non-hydrogen) atoms. The molecule has 0 atom stereocenters. The van der Waals surface area contributed by atoms with Gasteiger partial charge in [0.25, 0.3) is 17.3 Å². The molecule has 0 radical (unpaired) electrons. The van der Waals surface area contributed by atoms with E-state index in [0.29, 0.717) is 21.4 Å². The summed E-state index contributed by atoms with van der Waals surface area (Å²) < 4.78 is 93.8. The minimum atomic E-state index is -3.55. The fourth-order valence-electron chi connectivity index (χ4n) is 5.33. The van der Waals surface area contributed by atoms with E-state index in [1.807, 2.05) is 22.8 Å². The second kappa shape index (κ2) is 9.26. The van der Waals surface area contributed by atoms with Crippen LogP contribution in [0.4, 0.5) is 25.8 Å². The van der Waals surface area contributed by atoms with Gasteiger partial charge in [-0.05, 0) is 39.8 Å². The van der Waals surface area contributed by atoms with Crippen molar-refractivity contribution >= 4 is 44.9 Å². The molecule has 1 aliphatic heterocycles. The summed E-state index contributed by atoms with van der Waals surface area (Å²) in [4.78, 5) is 8.90. The Kier molecular flexibility index (Phi) is 4.23. The van der Waals surface area contributed by atoms with Gasteiger partial charge in [-0.2, -0.15) is 8.78 Å². The fourth-order valence-corrected chi connectivity index (χ4v) is 5.33. The highest BCUT2D eigenvalue weighted by Crippen LogP contribution is 2.41. The molecule has 3 aromatic heterocycles. The molecule has 4 heterocycles. The number of aromatic nitrogens is 3. The van der Waals surface area contributed by atoms with E-state index in [4.69, 9.17) is 9.60 Å². The standard InChI is InChI=1S/C35H29F2N5/c1-34(2,3)23-14-17-39-33(20-23)42-31-19-25(12-13-27(31)28-15-16-38-21-32(28)42)35(36,37)24-8-7-9-26(18-24)41-22-40(4)29-10-5-6-11-30(29)41/h5-21H,1-4H3/q+2/i4D3,5D,6D,10D,11D. The molecule has 0 saturated heterocycles. The third-order valence-electron chi connectivity index (χ3n) is 7.54. The van der Waals surface area contributed by atoms with E-state index in [-0.39, 0.29) is 28.0 Å². The highest BCUT2D eigenvalue weighted by atomic mass is 19.3. The molecule has 0 unspecified atom stereocenters. The molecule has 0 aliphatic carbocycles. The van der Waals surface area contributed by atoms with Crippen LogP contribution in [0.25, 0.3) is 27.6 Å². The molecule has 1 aliphatic rings. The molecule has 0 saturated carbocycles. The minimum absolute atomic E-state index is 0.0414. The topological polar surface area (TPSA) is 36.7 Å². The van der Waals surface area contributed by atoms with Gasteiger partial charge >= 0.3 is 6.01 Å². The summed E-state index contributed by atoms with van der Waals surface area (Å²) in [5.74, 6) is -2.99. The Morgan fingerprint density at radius 1 is 0.857 bits per heavy atom. The number of benzene rings is 3. The molecule has 6 aromatic rings. The molecule has 7 rings (SSSR count). The molecule has 206 valence electrons. The number of rotatable bonds is 4. The van der Waals surface area contributed by atoms with Crippen LogP contribution in [0.15, 0.2) is 103 Å². The average molecular weight is 565 g/mol. The molecular weight excluding hydrogens is 528 g/mol. The number of hydrogen-bond donors (Lipinski definition) is 0. The van der Waals surface area contributed by atoms with Crippen molar-refractivity contribution in [1.29, 1.82) is 0 Å². The molecule has 3 aromatic carbocycles. The first-order valence-corrected chi connectivity index (χ1v) is 13.3. The molecule has 0 spiro atoms. The van der Waals surface area contributed by atoms with Gasteiger partial charge in [-0.15, -0.1) is 0 Å². The van der Waals surface area contributed by atoms with Crippen LogP contribution in [0.1, 0.15) is 47.1 Å². The number of hydrogen-bond acceptors (Lipinski definition) is 2. The molecule has 7 heteroatoms. The van der Waals surface area contributed by atoms with Crippen molar-refractivity contribution in [1.82, 2.24) is 19.1 Å². The number of fused-ring (bicyclic) bond motifs is 4. The SMILES string of the molecule is [2H]c1c([2H])c([2H])c2c(c1[2H])[N+](c1cccc(C(F)(F)c3ccc4c5ccncc5n(-c5cc(C(C)(C)C)ccn5)c4c3)c1)=C=[N+]2C([2H])([2H])[2H]. The van der Waals surface area contributed by atoms with E-state index in [2.05, 4.69) is 36.7 Å². The zero-order chi connectivity index (χ0) is 35.2. The smallest absolute Gasteiger partial charge is 0.292 e. The average Bonchev–Trinajstić information content (AvgIpc) is 3.63. The van der Waals surface area contributed by atoms with Gasteiger partial charge in [0, 0.05) is 58.5 Å².